The van der Waals surface area contributed by atoms with E-state index in [1.54, 1.807) is 0 Å². The molecule has 0 unspecified atom stereocenters. The first-order valence-electron chi connectivity index (χ1n) is 10.1. The Kier molecular flexibility index (Phi) is 4.79. The lowest BCUT2D eigenvalue weighted by molar-refractivity contribution is -0.156. The molecule has 1 aliphatic heterocycles. The van der Waals surface area contributed by atoms with Crippen molar-refractivity contribution >= 4 is 17.3 Å². The van der Waals surface area contributed by atoms with Crippen LogP contribution in [0.1, 0.15) is 39.2 Å². The van der Waals surface area contributed by atoms with E-state index in [-0.39, 0.29) is 41.6 Å². The number of nitrogens with two attached hydrogens (primary N) is 1. The molecule has 1 aliphatic carbocycles. The highest BCUT2D eigenvalue weighted by molar-refractivity contribution is 5.72. The van der Waals surface area contributed by atoms with Crippen LogP contribution in [0.25, 0.3) is 5.52 Å². The number of rotatable bonds is 4. The summed E-state index contributed by atoms with van der Waals surface area (Å²) in [6.07, 6.45) is 1.46. The number of hydrogen-bond donors (Lipinski definition) is 3. The smallest absolute Gasteiger partial charge is 0.309 e. The summed E-state index contributed by atoms with van der Waals surface area (Å²) in [5, 5.41) is 35.1. The average Bonchev–Trinajstić information content (AvgIpc) is 3.23. The molecule has 10 nitrogen and oxygen atoms in total. The molecule has 10 heteroatoms. The third-order valence-electron chi connectivity index (χ3n) is 5.73. The van der Waals surface area contributed by atoms with Crippen molar-refractivity contribution in [3.05, 3.63) is 24.1 Å². The van der Waals surface area contributed by atoms with Gasteiger partial charge >= 0.3 is 5.97 Å². The Hall–Kier alpha value is -2.74. The van der Waals surface area contributed by atoms with Crippen LogP contribution in [0.4, 0.5) is 5.82 Å². The number of aliphatic hydroxyl groups is 2. The van der Waals surface area contributed by atoms with E-state index in [0.29, 0.717) is 0 Å². The van der Waals surface area contributed by atoms with Crippen LogP contribution in [0.5, 0.6) is 0 Å². The van der Waals surface area contributed by atoms with E-state index < -0.39 is 23.9 Å². The number of aromatic nitrogens is 3. The van der Waals surface area contributed by atoms with Crippen molar-refractivity contribution in [3.63, 3.8) is 0 Å². The van der Waals surface area contributed by atoms with Gasteiger partial charge in [-0.3, -0.25) is 4.79 Å². The second kappa shape index (κ2) is 7.59. The minimum Gasteiger partial charge on any atom is -0.463 e. The Morgan fingerprint density at radius 3 is 2.97 bits per heavy atom. The molecule has 4 rings (SSSR count). The molecule has 4 N–H and O–H groups in total. The van der Waals surface area contributed by atoms with Crippen molar-refractivity contribution in [1.82, 2.24) is 14.6 Å². The number of nitrogen functional groups attached to an aromatic ring is 1. The van der Waals surface area contributed by atoms with Gasteiger partial charge < -0.3 is 25.4 Å². The van der Waals surface area contributed by atoms with E-state index in [0.717, 1.165) is 38.4 Å². The summed E-state index contributed by atoms with van der Waals surface area (Å²) >= 11 is 0. The lowest BCUT2D eigenvalue weighted by Gasteiger charge is -2.24. The van der Waals surface area contributed by atoms with Gasteiger partial charge in [-0.2, -0.15) is 10.4 Å². The van der Waals surface area contributed by atoms with Crippen molar-refractivity contribution in [2.75, 3.05) is 12.3 Å². The molecule has 0 bridgehead atoms. The summed E-state index contributed by atoms with van der Waals surface area (Å²) in [6, 6.07) is 3.13. The molecule has 0 radical (unpaired) electrons. The molecular formula is C19H23N5O5. The molecule has 0 aromatic carbocycles. The maximum absolute atomic E-state index is 12.3. The Balaban J connectivity index is 1.59. The van der Waals surface area contributed by atoms with Crippen molar-refractivity contribution in [2.45, 2.75) is 56.0 Å². The lowest BCUT2D eigenvalue weighted by Crippen LogP contribution is -2.41. The van der Waals surface area contributed by atoms with Crippen molar-refractivity contribution in [1.29, 1.82) is 5.26 Å². The Bertz CT molecular complexity index is 1000. The van der Waals surface area contributed by atoms with Gasteiger partial charge in [0.1, 0.15) is 42.8 Å². The van der Waals surface area contributed by atoms with Gasteiger partial charge in [0.25, 0.3) is 0 Å². The number of carbonyl (C=O) groups is 1. The van der Waals surface area contributed by atoms with Crippen LogP contribution in [0.3, 0.4) is 0 Å². The van der Waals surface area contributed by atoms with Crippen molar-refractivity contribution in [2.24, 2.45) is 5.92 Å². The molecule has 2 aromatic rings. The highest BCUT2D eigenvalue weighted by atomic mass is 16.6. The summed E-state index contributed by atoms with van der Waals surface area (Å²) in [5.74, 6) is -0.514. The van der Waals surface area contributed by atoms with Crippen LogP contribution in [0, 0.1) is 17.2 Å². The summed E-state index contributed by atoms with van der Waals surface area (Å²) in [5.41, 5.74) is 3.97. The minimum atomic E-state index is -2.02. The molecule has 0 amide bonds. The first-order valence-corrected chi connectivity index (χ1v) is 9.60. The first-order chi connectivity index (χ1) is 14.4. The third-order valence-corrected chi connectivity index (χ3v) is 5.73. The molecule has 1 saturated carbocycles. The van der Waals surface area contributed by atoms with Crippen LogP contribution in [0.2, 0.25) is 0 Å². The highest BCUT2D eigenvalue weighted by Gasteiger charge is 2.57. The van der Waals surface area contributed by atoms with E-state index in [2.05, 4.69) is 10.1 Å². The molecule has 0 spiro atoms. The van der Waals surface area contributed by atoms with Crippen LogP contribution >= 0.6 is 0 Å². The molecular weight excluding hydrogens is 378 g/mol. The minimum absolute atomic E-state index is 0.0281. The quantitative estimate of drug-likeness (QED) is 0.611. The molecule has 2 aromatic heterocycles. The Morgan fingerprint density at radius 1 is 1.48 bits per heavy atom. The van der Waals surface area contributed by atoms with Crippen molar-refractivity contribution in [3.8, 4) is 6.07 Å². The van der Waals surface area contributed by atoms with Gasteiger partial charge in [0, 0.05) is 0 Å². The number of esters is 1. The van der Waals surface area contributed by atoms with Crippen LogP contribution in [-0.4, -0.2) is 55.7 Å². The van der Waals surface area contributed by atoms with Crippen LogP contribution in [0.15, 0.2) is 18.4 Å². The molecule has 2 fully saturated rings. The Morgan fingerprint density at radius 2 is 2.24 bits per heavy atom. The lowest BCUT2D eigenvalue weighted by atomic mass is 9.89. The predicted molar refractivity (Wildman–Crippen MR) is 99.1 cm³/mol. The zero-order chi connectivity index (χ0) is 21.5. The predicted octanol–water partition coefficient (Wildman–Crippen LogP) is 0.274. The Labute approximate surface area is 168 Å². The monoisotopic (exact) mass is 402 g/mol. The topological polar surface area (TPSA) is 156 Å². The fraction of sp³-hybridized carbons (Fsp3) is 0.579. The van der Waals surface area contributed by atoms with E-state index in [9.17, 15) is 20.3 Å². The molecule has 1 saturated heterocycles. The standard InChI is InChI=1S/C19H23N5O5/c20-9-19(14-7-6-12-17(21)22-10-23-24(12)14)16(26)15(25)13(29-19)8-28-18(27)11-4-2-1-3-5-11/h6-7,10-11,13,15-16,25-26H,1-5,8H2,(H2,21,22,23)/t13-,15-,16-,19+/m1/s1/i6D. The first kappa shape index (κ1) is 18.3. The number of carbonyl (C=O) groups excluding carboxylic acids is 1. The SMILES string of the molecule is [2H]c1cc([C@]2(C#N)O[C@H](COC(=O)C3CCCCC3)[C@@H](O)[C@H]2O)n2ncnc(N)c12. The van der Waals surface area contributed by atoms with Crippen LogP contribution < -0.4 is 5.73 Å². The number of anilines is 1. The van der Waals surface area contributed by atoms with Gasteiger partial charge in [-0.25, -0.2) is 9.50 Å². The second-order valence-corrected chi connectivity index (χ2v) is 7.48. The van der Waals surface area contributed by atoms with Gasteiger partial charge in [-0.05, 0) is 25.0 Å². The van der Waals surface area contributed by atoms with Gasteiger partial charge in [0.05, 0.1) is 13.0 Å². The number of hydrogen-bond acceptors (Lipinski definition) is 9. The maximum atomic E-state index is 12.3. The fourth-order valence-corrected chi connectivity index (χ4v) is 4.08. The van der Waals surface area contributed by atoms with E-state index >= 15 is 0 Å². The van der Waals surface area contributed by atoms with Gasteiger partial charge in [0.2, 0.25) is 5.60 Å². The van der Waals surface area contributed by atoms with E-state index in [1.807, 2.05) is 6.07 Å². The van der Waals surface area contributed by atoms with E-state index in [4.69, 9.17) is 16.6 Å². The molecule has 29 heavy (non-hydrogen) atoms. The highest BCUT2D eigenvalue weighted by Crippen LogP contribution is 2.40. The van der Waals surface area contributed by atoms with E-state index in [1.165, 1.54) is 10.6 Å². The second-order valence-electron chi connectivity index (χ2n) is 7.48. The zero-order valence-electron chi connectivity index (χ0n) is 16.7. The molecule has 2 aliphatic rings. The number of nitrogens with zero attached hydrogens (tertiary/aromatic N) is 4. The van der Waals surface area contributed by atoms with Crippen molar-refractivity contribution < 1.29 is 25.9 Å². The number of nitriles is 1. The van der Waals surface area contributed by atoms with Gasteiger partial charge in [0.15, 0.2) is 5.82 Å². The molecule has 3 heterocycles. The summed E-state index contributed by atoms with van der Waals surface area (Å²) in [7, 11) is 0. The summed E-state index contributed by atoms with van der Waals surface area (Å²) in [6.45, 7) is -0.300. The largest absolute Gasteiger partial charge is 0.463 e. The summed E-state index contributed by atoms with van der Waals surface area (Å²) < 4.78 is 20.4. The summed E-state index contributed by atoms with van der Waals surface area (Å²) in [4.78, 5) is 16.1. The molecule has 154 valence electrons. The number of ether oxygens (including phenoxy) is 2. The fourth-order valence-electron chi connectivity index (χ4n) is 4.08. The van der Waals surface area contributed by atoms with Gasteiger partial charge in [-0.1, -0.05) is 19.3 Å². The number of aliphatic hydroxyl groups excluding tert-OH is 2. The number of fused-ring (bicyclic) bond motifs is 1. The van der Waals surface area contributed by atoms with Crippen LogP contribution in [-0.2, 0) is 19.9 Å². The normalized spacial score (nSPS) is 30.8. The zero-order valence-corrected chi connectivity index (χ0v) is 15.7. The van der Waals surface area contributed by atoms with Gasteiger partial charge in [-0.15, -0.1) is 0 Å². The third kappa shape index (κ3) is 3.21. The average molecular weight is 402 g/mol. The molecule has 4 atom stereocenters. The maximum Gasteiger partial charge on any atom is 0.309 e.